The highest BCUT2D eigenvalue weighted by atomic mass is 15.3. The minimum absolute atomic E-state index is 0.356. The number of hydrogen-bond donors (Lipinski definition) is 0. The zero-order valence-electron chi connectivity index (χ0n) is 14.9. The summed E-state index contributed by atoms with van der Waals surface area (Å²) in [7, 11) is 0. The summed E-state index contributed by atoms with van der Waals surface area (Å²) in [6.07, 6.45) is 1.60. The Morgan fingerprint density at radius 3 is 2.60 bits per heavy atom. The van der Waals surface area contributed by atoms with Gasteiger partial charge >= 0.3 is 0 Å². The third-order valence-corrected chi connectivity index (χ3v) is 4.43. The van der Waals surface area contributed by atoms with E-state index in [2.05, 4.69) is 77.7 Å². The normalized spacial score (nSPS) is 11.6. The highest BCUT2D eigenvalue weighted by molar-refractivity contribution is 5.81. The van der Waals surface area contributed by atoms with Crippen molar-refractivity contribution in [3.63, 3.8) is 0 Å². The molecule has 126 valence electrons. The highest BCUT2D eigenvalue weighted by Gasteiger charge is 2.14. The minimum atomic E-state index is 0.356. The maximum Gasteiger partial charge on any atom is 0.163 e. The summed E-state index contributed by atoms with van der Waals surface area (Å²) < 4.78 is 4.14. The fourth-order valence-electron chi connectivity index (χ4n) is 3.39. The molecule has 5 nitrogen and oxygen atoms in total. The van der Waals surface area contributed by atoms with Crippen LogP contribution in [0.25, 0.3) is 28.1 Å². The van der Waals surface area contributed by atoms with Crippen molar-refractivity contribution in [1.82, 2.24) is 24.3 Å². The SMILES string of the molecule is Cc1cccc(-n2ncnc2-c2ccc3nc(C)n(C(C)C)c3c2)c1. The van der Waals surface area contributed by atoms with Gasteiger partial charge in [0.15, 0.2) is 5.82 Å². The summed E-state index contributed by atoms with van der Waals surface area (Å²) in [5.41, 5.74) is 5.39. The lowest BCUT2D eigenvalue weighted by Gasteiger charge is -2.12. The quantitative estimate of drug-likeness (QED) is 0.556. The van der Waals surface area contributed by atoms with E-state index in [1.165, 1.54) is 5.56 Å². The summed E-state index contributed by atoms with van der Waals surface area (Å²) in [5, 5.41) is 4.43. The molecule has 25 heavy (non-hydrogen) atoms. The Labute approximate surface area is 147 Å². The first-order valence-electron chi connectivity index (χ1n) is 8.50. The van der Waals surface area contributed by atoms with Crippen LogP contribution in [-0.4, -0.2) is 24.3 Å². The first-order chi connectivity index (χ1) is 12.0. The van der Waals surface area contributed by atoms with Crippen molar-refractivity contribution in [3.05, 3.63) is 60.2 Å². The average Bonchev–Trinajstić information content (AvgIpc) is 3.17. The van der Waals surface area contributed by atoms with E-state index in [0.717, 1.165) is 33.9 Å². The number of imidazole rings is 1. The van der Waals surface area contributed by atoms with Gasteiger partial charge in [-0.3, -0.25) is 0 Å². The fourth-order valence-corrected chi connectivity index (χ4v) is 3.39. The molecule has 0 saturated carbocycles. The molecule has 2 aromatic carbocycles. The number of fused-ring (bicyclic) bond motifs is 1. The lowest BCUT2D eigenvalue weighted by molar-refractivity contribution is 0.600. The smallest absolute Gasteiger partial charge is 0.163 e. The molecule has 0 amide bonds. The standard InChI is InChI=1S/C20H21N5/c1-13(2)24-15(4)23-18-9-8-16(11-19(18)24)20-21-12-22-25(20)17-7-5-6-14(3)10-17/h5-13H,1-4H3. The molecule has 0 aliphatic heterocycles. The van der Waals surface area contributed by atoms with Crippen molar-refractivity contribution in [2.75, 3.05) is 0 Å². The monoisotopic (exact) mass is 331 g/mol. The van der Waals surface area contributed by atoms with Gasteiger partial charge < -0.3 is 4.57 Å². The lowest BCUT2D eigenvalue weighted by atomic mass is 10.1. The molecule has 2 heterocycles. The predicted molar refractivity (Wildman–Crippen MR) is 99.9 cm³/mol. The van der Waals surface area contributed by atoms with Gasteiger partial charge in [0, 0.05) is 11.6 Å². The summed E-state index contributed by atoms with van der Waals surface area (Å²) in [6, 6.07) is 14.9. The summed E-state index contributed by atoms with van der Waals surface area (Å²) >= 11 is 0. The molecular weight excluding hydrogens is 310 g/mol. The second kappa shape index (κ2) is 5.84. The fraction of sp³-hybridized carbons (Fsp3) is 0.250. The third kappa shape index (κ3) is 2.61. The van der Waals surface area contributed by atoms with Gasteiger partial charge in [-0.25, -0.2) is 14.6 Å². The van der Waals surface area contributed by atoms with E-state index in [1.807, 2.05) is 16.8 Å². The summed E-state index contributed by atoms with van der Waals surface area (Å²) in [6.45, 7) is 8.48. The molecule has 0 unspecified atom stereocenters. The summed E-state index contributed by atoms with van der Waals surface area (Å²) in [5.74, 6) is 1.86. The first-order valence-corrected chi connectivity index (χ1v) is 8.50. The lowest BCUT2D eigenvalue weighted by Crippen LogP contribution is -2.03. The van der Waals surface area contributed by atoms with E-state index in [4.69, 9.17) is 0 Å². The van der Waals surface area contributed by atoms with Crippen molar-refractivity contribution in [3.8, 4) is 17.1 Å². The Hall–Kier alpha value is -2.95. The van der Waals surface area contributed by atoms with Crippen LogP contribution in [0.5, 0.6) is 0 Å². The van der Waals surface area contributed by atoms with Crippen LogP contribution in [0.4, 0.5) is 0 Å². The molecule has 0 atom stereocenters. The molecule has 0 saturated heterocycles. The number of benzene rings is 2. The van der Waals surface area contributed by atoms with Crippen LogP contribution < -0.4 is 0 Å². The Kier molecular flexibility index (Phi) is 3.64. The zero-order chi connectivity index (χ0) is 17.6. The molecular formula is C20H21N5. The Balaban J connectivity index is 1.89. The number of nitrogens with zero attached hydrogens (tertiary/aromatic N) is 5. The summed E-state index contributed by atoms with van der Waals surface area (Å²) in [4.78, 5) is 9.17. The average molecular weight is 331 g/mol. The van der Waals surface area contributed by atoms with E-state index in [9.17, 15) is 0 Å². The van der Waals surface area contributed by atoms with Crippen LogP contribution in [0, 0.1) is 13.8 Å². The van der Waals surface area contributed by atoms with Crippen LogP contribution in [0.3, 0.4) is 0 Å². The van der Waals surface area contributed by atoms with Gasteiger partial charge in [0.2, 0.25) is 0 Å². The van der Waals surface area contributed by atoms with Crippen molar-refractivity contribution in [1.29, 1.82) is 0 Å². The largest absolute Gasteiger partial charge is 0.326 e. The van der Waals surface area contributed by atoms with E-state index in [-0.39, 0.29) is 0 Å². The highest BCUT2D eigenvalue weighted by Crippen LogP contribution is 2.27. The molecule has 4 aromatic rings. The van der Waals surface area contributed by atoms with Gasteiger partial charge in [0.25, 0.3) is 0 Å². The maximum absolute atomic E-state index is 4.67. The number of aryl methyl sites for hydroxylation is 2. The molecule has 0 aliphatic rings. The number of rotatable bonds is 3. The van der Waals surface area contributed by atoms with Crippen molar-refractivity contribution in [2.45, 2.75) is 33.7 Å². The number of hydrogen-bond acceptors (Lipinski definition) is 3. The Bertz CT molecular complexity index is 1060. The van der Waals surface area contributed by atoms with E-state index >= 15 is 0 Å². The van der Waals surface area contributed by atoms with Crippen LogP contribution >= 0.6 is 0 Å². The molecule has 5 heteroatoms. The van der Waals surface area contributed by atoms with Crippen LogP contribution in [0.1, 0.15) is 31.3 Å². The van der Waals surface area contributed by atoms with E-state index < -0.39 is 0 Å². The van der Waals surface area contributed by atoms with Crippen molar-refractivity contribution >= 4 is 11.0 Å². The molecule has 0 fully saturated rings. The molecule has 0 bridgehead atoms. The molecule has 4 rings (SSSR count). The topological polar surface area (TPSA) is 48.5 Å². The molecule has 2 aromatic heterocycles. The van der Waals surface area contributed by atoms with Gasteiger partial charge in [-0.05, 0) is 63.6 Å². The second-order valence-electron chi connectivity index (χ2n) is 6.66. The first kappa shape index (κ1) is 15.6. The second-order valence-corrected chi connectivity index (χ2v) is 6.66. The number of aromatic nitrogens is 5. The van der Waals surface area contributed by atoms with Crippen LogP contribution in [0.2, 0.25) is 0 Å². The van der Waals surface area contributed by atoms with Gasteiger partial charge in [0.1, 0.15) is 12.2 Å². The Morgan fingerprint density at radius 2 is 1.84 bits per heavy atom. The van der Waals surface area contributed by atoms with Gasteiger partial charge in [-0.1, -0.05) is 12.1 Å². The third-order valence-electron chi connectivity index (χ3n) is 4.43. The van der Waals surface area contributed by atoms with E-state index in [1.54, 1.807) is 6.33 Å². The Morgan fingerprint density at radius 1 is 1.00 bits per heavy atom. The van der Waals surface area contributed by atoms with Gasteiger partial charge in [-0.15, -0.1) is 0 Å². The molecule has 0 aliphatic carbocycles. The van der Waals surface area contributed by atoms with Gasteiger partial charge in [0.05, 0.1) is 16.7 Å². The van der Waals surface area contributed by atoms with E-state index in [0.29, 0.717) is 6.04 Å². The van der Waals surface area contributed by atoms with Crippen molar-refractivity contribution < 1.29 is 0 Å². The van der Waals surface area contributed by atoms with Gasteiger partial charge in [-0.2, -0.15) is 5.10 Å². The minimum Gasteiger partial charge on any atom is -0.326 e. The maximum atomic E-state index is 4.67. The zero-order valence-corrected chi connectivity index (χ0v) is 14.9. The molecule has 0 spiro atoms. The molecule has 0 radical (unpaired) electrons. The predicted octanol–water partition coefficient (Wildman–Crippen LogP) is 4.48. The van der Waals surface area contributed by atoms with Crippen LogP contribution in [0.15, 0.2) is 48.8 Å². The van der Waals surface area contributed by atoms with Crippen molar-refractivity contribution in [2.24, 2.45) is 0 Å². The van der Waals surface area contributed by atoms with Crippen LogP contribution in [-0.2, 0) is 0 Å². The molecule has 0 N–H and O–H groups in total.